The monoisotopic (exact) mass is 278 g/mol. The molecule has 5 heteroatoms. The van der Waals surface area contributed by atoms with Crippen LogP contribution in [0.2, 0.25) is 0 Å². The second-order valence-corrected chi connectivity index (χ2v) is 6.06. The van der Waals surface area contributed by atoms with Crippen LogP contribution in [0.1, 0.15) is 37.8 Å². The summed E-state index contributed by atoms with van der Waals surface area (Å²) in [5, 5.41) is 5.77. The molecule has 0 aromatic heterocycles. The average Bonchev–Trinajstić information content (AvgIpc) is 2.35. The summed E-state index contributed by atoms with van der Waals surface area (Å²) in [7, 11) is 1.61. The summed E-state index contributed by atoms with van der Waals surface area (Å²) in [6.07, 6.45) is 1.38. The Labute approximate surface area is 117 Å². The summed E-state index contributed by atoms with van der Waals surface area (Å²) in [6.45, 7) is 1.91. The van der Waals surface area contributed by atoms with Crippen molar-refractivity contribution in [3.8, 4) is 5.75 Å². The maximum absolute atomic E-state index is 13.4. The van der Waals surface area contributed by atoms with Gasteiger partial charge in [0.15, 0.2) is 0 Å². The van der Waals surface area contributed by atoms with Crippen molar-refractivity contribution in [1.82, 2.24) is 10.6 Å². The fraction of sp³-hybridized carbons (Fsp3) is 0.533. The summed E-state index contributed by atoms with van der Waals surface area (Å²) in [5.41, 5.74) is -0.308. The molecule has 0 spiro atoms. The molecular weight excluding hydrogens is 259 g/mol. The quantitative estimate of drug-likeness (QED) is 0.889. The molecule has 4 nitrogen and oxygen atoms in total. The summed E-state index contributed by atoms with van der Waals surface area (Å²) < 4.78 is 18.6. The van der Waals surface area contributed by atoms with Crippen molar-refractivity contribution in [3.05, 3.63) is 29.8 Å². The lowest BCUT2D eigenvalue weighted by Gasteiger charge is -2.65. The molecule has 2 N–H and O–H groups in total. The number of methoxy groups -OCH3 is 1. The average molecular weight is 278 g/mol. The zero-order chi connectivity index (χ0) is 14.4. The summed E-state index contributed by atoms with van der Waals surface area (Å²) in [5.74, 6) is 0.760. The van der Waals surface area contributed by atoms with Crippen LogP contribution in [0.4, 0.5) is 9.18 Å². The highest BCUT2D eigenvalue weighted by Crippen LogP contribution is 2.62. The second kappa shape index (κ2) is 4.36. The Morgan fingerprint density at radius 2 is 2.10 bits per heavy atom. The Hall–Kier alpha value is -1.78. The number of carbonyl (C=O) groups is 1. The van der Waals surface area contributed by atoms with Crippen LogP contribution in [0, 0.1) is 0 Å². The first-order chi connectivity index (χ1) is 9.44. The predicted molar refractivity (Wildman–Crippen MR) is 73.5 cm³/mol. The number of amides is 2. The van der Waals surface area contributed by atoms with Gasteiger partial charge in [-0.3, -0.25) is 0 Å². The molecule has 1 atom stereocenters. The number of hydrogen-bond acceptors (Lipinski definition) is 2. The van der Waals surface area contributed by atoms with Crippen molar-refractivity contribution in [3.63, 3.8) is 0 Å². The van der Waals surface area contributed by atoms with Crippen LogP contribution in [0.5, 0.6) is 5.75 Å². The predicted octanol–water partition coefficient (Wildman–Crippen LogP) is 2.70. The third kappa shape index (κ3) is 2.21. The minimum Gasteiger partial charge on any atom is -0.497 e. The molecule has 3 fully saturated rings. The van der Waals surface area contributed by atoms with Gasteiger partial charge < -0.3 is 15.4 Å². The van der Waals surface area contributed by atoms with Gasteiger partial charge >= 0.3 is 6.03 Å². The minimum absolute atomic E-state index is 0.128. The third-order valence-electron chi connectivity index (χ3n) is 4.29. The highest BCUT2D eigenvalue weighted by molar-refractivity contribution is 5.76. The van der Waals surface area contributed by atoms with Gasteiger partial charge in [-0.1, -0.05) is 12.1 Å². The lowest BCUT2D eigenvalue weighted by molar-refractivity contribution is -0.162. The second-order valence-electron chi connectivity index (χ2n) is 6.06. The number of urea groups is 1. The molecule has 2 amide bonds. The van der Waals surface area contributed by atoms with Crippen molar-refractivity contribution < 1.29 is 13.9 Å². The maximum Gasteiger partial charge on any atom is 0.315 e. The Morgan fingerprint density at radius 1 is 1.40 bits per heavy atom. The Kier molecular flexibility index (Phi) is 2.88. The van der Waals surface area contributed by atoms with E-state index in [4.69, 9.17) is 4.74 Å². The molecule has 0 aliphatic heterocycles. The molecule has 0 radical (unpaired) electrons. The van der Waals surface area contributed by atoms with Crippen LogP contribution in [0.3, 0.4) is 0 Å². The van der Waals surface area contributed by atoms with Gasteiger partial charge in [0.2, 0.25) is 0 Å². The topological polar surface area (TPSA) is 50.4 Å². The smallest absolute Gasteiger partial charge is 0.315 e. The highest BCUT2D eigenvalue weighted by atomic mass is 19.1. The molecule has 3 saturated carbocycles. The van der Waals surface area contributed by atoms with Crippen LogP contribution in [0.15, 0.2) is 24.3 Å². The normalized spacial score (nSPS) is 31.6. The van der Waals surface area contributed by atoms with Crippen LogP contribution in [-0.4, -0.2) is 24.3 Å². The van der Waals surface area contributed by atoms with Crippen molar-refractivity contribution in [2.75, 3.05) is 7.11 Å². The van der Waals surface area contributed by atoms with Gasteiger partial charge in [-0.05, 0) is 24.6 Å². The lowest BCUT2D eigenvalue weighted by Crippen LogP contribution is -2.77. The molecule has 108 valence electrons. The zero-order valence-corrected chi connectivity index (χ0v) is 11.7. The fourth-order valence-corrected chi connectivity index (χ4v) is 3.26. The van der Waals surface area contributed by atoms with Crippen LogP contribution in [-0.2, 0) is 0 Å². The first-order valence-electron chi connectivity index (χ1n) is 6.85. The van der Waals surface area contributed by atoms with Gasteiger partial charge in [0.25, 0.3) is 0 Å². The van der Waals surface area contributed by atoms with Gasteiger partial charge in [-0.15, -0.1) is 0 Å². The molecular formula is C15H19FN2O2. The fourth-order valence-electron chi connectivity index (χ4n) is 3.26. The van der Waals surface area contributed by atoms with Crippen molar-refractivity contribution in [1.29, 1.82) is 0 Å². The number of halogens is 1. The maximum atomic E-state index is 13.4. The van der Waals surface area contributed by atoms with E-state index in [1.54, 1.807) is 7.11 Å². The highest BCUT2D eigenvalue weighted by Gasteiger charge is 2.69. The van der Waals surface area contributed by atoms with Gasteiger partial charge in [0.05, 0.1) is 18.7 Å². The first-order valence-corrected chi connectivity index (χ1v) is 6.85. The molecule has 20 heavy (non-hydrogen) atoms. The van der Waals surface area contributed by atoms with E-state index >= 15 is 0 Å². The zero-order valence-electron chi connectivity index (χ0n) is 11.7. The number of carbonyl (C=O) groups excluding carboxylic acids is 1. The molecule has 1 unspecified atom stereocenters. The van der Waals surface area contributed by atoms with E-state index in [0.717, 1.165) is 11.3 Å². The minimum atomic E-state index is -0.994. The Bertz CT molecular complexity index is 527. The Balaban J connectivity index is 1.55. The molecule has 3 aliphatic rings. The van der Waals surface area contributed by atoms with E-state index in [1.807, 2.05) is 31.2 Å². The molecule has 0 saturated heterocycles. The van der Waals surface area contributed by atoms with E-state index in [1.165, 1.54) is 0 Å². The van der Waals surface area contributed by atoms with Gasteiger partial charge in [0, 0.05) is 19.3 Å². The number of ether oxygens (including phenoxy) is 1. The van der Waals surface area contributed by atoms with E-state index < -0.39 is 5.67 Å². The third-order valence-corrected chi connectivity index (χ3v) is 4.29. The molecule has 1 aromatic carbocycles. The molecule has 1 aromatic rings. The van der Waals surface area contributed by atoms with Crippen molar-refractivity contribution in [2.24, 2.45) is 0 Å². The number of benzene rings is 1. The molecule has 0 heterocycles. The first kappa shape index (κ1) is 13.2. The van der Waals surface area contributed by atoms with Crippen molar-refractivity contribution in [2.45, 2.75) is 43.4 Å². The van der Waals surface area contributed by atoms with Crippen molar-refractivity contribution >= 4 is 6.03 Å². The Morgan fingerprint density at radius 3 is 2.70 bits per heavy atom. The summed E-state index contributed by atoms with van der Waals surface area (Å²) in [6, 6.07) is 7.21. The largest absolute Gasteiger partial charge is 0.497 e. The van der Waals surface area contributed by atoms with E-state index in [-0.39, 0.29) is 17.6 Å². The number of hydrogen-bond donors (Lipinski definition) is 2. The van der Waals surface area contributed by atoms with Crippen LogP contribution in [0.25, 0.3) is 0 Å². The van der Waals surface area contributed by atoms with Crippen LogP contribution >= 0.6 is 0 Å². The number of rotatable bonds is 4. The SMILES string of the molecule is COc1cccc(C(C)NC(=O)NC23CC(F)(C2)C3)c1. The van der Waals surface area contributed by atoms with E-state index in [2.05, 4.69) is 10.6 Å². The van der Waals surface area contributed by atoms with Gasteiger partial charge in [-0.2, -0.15) is 0 Å². The summed E-state index contributed by atoms with van der Waals surface area (Å²) in [4.78, 5) is 11.9. The summed E-state index contributed by atoms with van der Waals surface area (Å²) >= 11 is 0. The lowest BCUT2D eigenvalue weighted by atomic mass is 9.47. The molecule has 4 rings (SSSR count). The molecule has 2 bridgehead atoms. The van der Waals surface area contributed by atoms with E-state index in [9.17, 15) is 9.18 Å². The standard InChI is InChI=1S/C15H19FN2O2/c1-10(11-4-3-5-12(6-11)20-2)17-13(19)18-15-7-14(16,8-15)9-15/h3-6,10H,7-9H2,1-2H3,(H2,17,18,19). The van der Waals surface area contributed by atoms with Gasteiger partial charge in [0.1, 0.15) is 11.4 Å². The van der Waals surface area contributed by atoms with Crippen LogP contribution < -0.4 is 15.4 Å². The van der Waals surface area contributed by atoms with E-state index in [0.29, 0.717) is 19.3 Å². The number of alkyl halides is 1. The number of nitrogens with one attached hydrogen (secondary N) is 2. The molecule has 3 aliphatic carbocycles. The van der Waals surface area contributed by atoms with Gasteiger partial charge in [-0.25, -0.2) is 9.18 Å².